The van der Waals surface area contributed by atoms with Crippen molar-refractivity contribution in [3.05, 3.63) is 36.5 Å². The van der Waals surface area contributed by atoms with Crippen LogP contribution in [0.4, 0.5) is 0 Å². The molecule has 66 heavy (non-hydrogen) atoms. The van der Waals surface area contributed by atoms with E-state index >= 15 is 0 Å². The Kier molecular flexibility index (Phi) is 53.3. The fourth-order valence-corrected chi connectivity index (χ4v) is 9.18. The van der Waals surface area contributed by atoms with Gasteiger partial charge in [0, 0.05) is 0 Å². The topological polar surface area (TPSA) is 110 Å². The summed E-state index contributed by atoms with van der Waals surface area (Å²) in [7, 11) is 0. The van der Waals surface area contributed by atoms with Gasteiger partial charge >= 0.3 is 0 Å². The molecule has 0 aromatic heterocycles. The summed E-state index contributed by atoms with van der Waals surface area (Å²) in [4.78, 5) is 12.6. The molecular formula is C60H115NO5. The van der Waals surface area contributed by atoms with Crippen LogP contribution in [-0.4, -0.2) is 57.3 Å². The average Bonchev–Trinajstić information content (AvgIpc) is 3.32. The van der Waals surface area contributed by atoms with Crippen LogP contribution in [0.2, 0.25) is 0 Å². The van der Waals surface area contributed by atoms with Gasteiger partial charge < -0.3 is 25.7 Å². The van der Waals surface area contributed by atoms with Crippen LogP contribution in [0.3, 0.4) is 0 Å². The van der Waals surface area contributed by atoms with Gasteiger partial charge in [0.2, 0.25) is 5.91 Å². The molecule has 0 aromatic rings. The van der Waals surface area contributed by atoms with Crippen molar-refractivity contribution in [1.29, 1.82) is 0 Å². The van der Waals surface area contributed by atoms with Crippen LogP contribution in [0.5, 0.6) is 0 Å². The van der Waals surface area contributed by atoms with Gasteiger partial charge in [0.15, 0.2) is 0 Å². The van der Waals surface area contributed by atoms with E-state index in [-0.39, 0.29) is 0 Å². The second-order valence-electron chi connectivity index (χ2n) is 20.3. The van der Waals surface area contributed by atoms with E-state index in [9.17, 15) is 25.2 Å². The number of hydrogen-bond donors (Lipinski definition) is 5. The first-order valence-electron chi connectivity index (χ1n) is 29.4. The number of amides is 1. The van der Waals surface area contributed by atoms with Crippen molar-refractivity contribution < 1.29 is 25.2 Å². The molecule has 0 rings (SSSR count). The normalized spacial score (nSPS) is 14.0. The summed E-state index contributed by atoms with van der Waals surface area (Å²) in [6, 6.07) is -1.01. The van der Waals surface area contributed by atoms with E-state index in [1.807, 2.05) is 0 Å². The van der Waals surface area contributed by atoms with Gasteiger partial charge in [-0.3, -0.25) is 4.79 Å². The maximum atomic E-state index is 12.6. The van der Waals surface area contributed by atoms with E-state index in [0.29, 0.717) is 19.3 Å². The van der Waals surface area contributed by atoms with Crippen LogP contribution in [0, 0.1) is 0 Å². The van der Waals surface area contributed by atoms with Gasteiger partial charge in [0.05, 0.1) is 18.8 Å². The Hall–Kier alpha value is -1.47. The first kappa shape index (κ1) is 64.5. The van der Waals surface area contributed by atoms with Gasteiger partial charge in [0.1, 0.15) is 12.2 Å². The van der Waals surface area contributed by atoms with Gasteiger partial charge in [0.25, 0.3) is 0 Å². The lowest BCUT2D eigenvalue weighted by atomic mass is 10.00. The molecule has 390 valence electrons. The molecule has 0 aliphatic carbocycles. The summed E-state index contributed by atoms with van der Waals surface area (Å²) in [5.74, 6) is -0.594. The number of carbonyl (C=O) groups excluding carboxylic acids is 1. The van der Waals surface area contributed by atoms with Crippen molar-refractivity contribution in [1.82, 2.24) is 5.32 Å². The first-order chi connectivity index (χ1) is 32.5. The number of aliphatic hydroxyl groups is 4. The van der Waals surface area contributed by atoms with Gasteiger partial charge in [-0.1, -0.05) is 269 Å². The third kappa shape index (κ3) is 47.6. The zero-order chi connectivity index (χ0) is 48.1. The summed E-state index contributed by atoms with van der Waals surface area (Å²) >= 11 is 0. The molecule has 6 nitrogen and oxygen atoms in total. The molecule has 0 aliphatic heterocycles. The monoisotopic (exact) mass is 930 g/mol. The lowest BCUT2D eigenvalue weighted by Gasteiger charge is -2.27. The quantitative estimate of drug-likeness (QED) is 0.0308. The number of aliphatic hydroxyl groups excluding tert-OH is 4. The molecule has 0 radical (unpaired) electrons. The Morgan fingerprint density at radius 1 is 0.364 bits per heavy atom. The lowest BCUT2D eigenvalue weighted by molar-refractivity contribution is -0.132. The molecule has 0 saturated heterocycles. The summed E-state index contributed by atoms with van der Waals surface area (Å²) < 4.78 is 0. The number of allylic oxidation sites excluding steroid dienone is 6. The number of hydrogen-bond acceptors (Lipinski definition) is 5. The summed E-state index contributed by atoms with van der Waals surface area (Å²) in [6.07, 6.45) is 68.0. The number of unbranched alkanes of at least 4 members (excludes halogenated alkanes) is 39. The van der Waals surface area contributed by atoms with Crippen LogP contribution in [0.15, 0.2) is 36.5 Å². The van der Waals surface area contributed by atoms with Gasteiger partial charge in [-0.25, -0.2) is 0 Å². The second kappa shape index (κ2) is 54.5. The molecule has 4 unspecified atom stereocenters. The zero-order valence-electron chi connectivity index (χ0n) is 44.2. The maximum Gasteiger partial charge on any atom is 0.249 e. The van der Waals surface area contributed by atoms with Crippen LogP contribution in [0.25, 0.3) is 0 Å². The standard InChI is InChI=1S/C60H115NO5/c1-3-5-7-9-11-13-15-17-19-21-23-24-25-26-27-28-29-30-31-32-33-34-35-36-38-40-42-44-46-48-50-52-54-58(64)60(66)61-56(55-62)59(65)57(63)53-51-49-47-45-43-41-39-37-22-20-18-16-14-12-10-8-6-4-2/h26-27,37,39,45,47,56-59,62-65H,3-25,28-36,38,40-44,46,48-55H2,1-2H3,(H,61,66)/b27-26-,39-37+,47-45+. The van der Waals surface area contributed by atoms with Gasteiger partial charge in [-0.05, 0) is 77.0 Å². The van der Waals surface area contributed by atoms with Crippen molar-refractivity contribution in [3.63, 3.8) is 0 Å². The van der Waals surface area contributed by atoms with Crippen LogP contribution in [0.1, 0.15) is 309 Å². The number of rotatable bonds is 54. The summed E-state index contributed by atoms with van der Waals surface area (Å²) in [5, 5.41) is 43.9. The number of carbonyl (C=O) groups is 1. The highest BCUT2D eigenvalue weighted by Crippen LogP contribution is 2.17. The fraction of sp³-hybridized carbons (Fsp3) is 0.883. The van der Waals surface area contributed by atoms with Crippen molar-refractivity contribution in [2.24, 2.45) is 0 Å². The van der Waals surface area contributed by atoms with E-state index in [4.69, 9.17) is 0 Å². The first-order valence-corrected chi connectivity index (χ1v) is 29.4. The minimum absolute atomic E-state index is 0.362. The third-order valence-corrected chi connectivity index (χ3v) is 13.8. The van der Waals surface area contributed by atoms with Crippen molar-refractivity contribution in [2.45, 2.75) is 334 Å². The van der Waals surface area contributed by atoms with Gasteiger partial charge in [-0.15, -0.1) is 0 Å². The van der Waals surface area contributed by atoms with E-state index in [1.54, 1.807) is 0 Å². The Balaban J connectivity index is 3.61. The van der Waals surface area contributed by atoms with Crippen LogP contribution >= 0.6 is 0 Å². The largest absolute Gasteiger partial charge is 0.394 e. The van der Waals surface area contributed by atoms with Gasteiger partial charge in [-0.2, -0.15) is 0 Å². The van der Waals surface area contributed by atoms with E-state index in [2.05, 4.69) is 55.6 Å². The van der Waals surface area contributed by atoms with Crippen molar-refractivity contribution >= 4 is 5.91 Å². The molecule has 5 N–H and O–H groups in total. The SMILES string of the molecule is CCCCCCCCCCC/C=C/CC/C=C/CCCC(O)C(O)C(CO)NC(=O)C(O)CCCCCCCCCCCCCCCCCC/C=C\CCCCCCCCCCCCCC. The zero-order valence-corrected chi connectivity index (χ0v) is 44.2. The van der Waals surface area contributed by atoms with Crippen LogP contribution < -0.4 is 5.32 Å². The van der Waals surface area contributed by atoms with E-state index in [0.717, 1.165) is 38.5 Å². The summed E-state index contributed by atoms with van der Waals surface area (Å²) in [6.45, 7) is 4.06. The fourth-order valence-electron chi connectivity index (χ4n) is 9.18. The Morgan fingerprint density at radius 3 is 0.955 bits per heavy atom. The molecule has 0 spiro atoms. The minimum atomic E-state index is -1.29. The van der Waals surface area contributed by atoms with Crippen molar-refractivity contribution in [2.75, 3.05) is 6.61 Å². The Bertz CT molecular complexity index is 1040. The second-order valence-corrected chi connectivity index (χ2v) is 20.3. The van der Waals surface area contributed by atoms with E-state index < -0.39 is 36.9 Å². The Labute approximate surface area is 411 Å². The molecule has 4 atom stereocenters. The molecular weight excluding hydrogens is 815 g/mol. The molecule has 1 amide bonds. The molecule has 0 bridgehead atoms. The predicted molar refractivity (Wildman–Crippen MR) is 288 cm³/mol. The smallest absolute Gasteiger partial charge is 0.249 e. The molecule has 0 aromatic carbocycles. The molecule has 0 heterocycles. The van der Waals surface area contributed by atoms with E-state index in [1.165, 1.54) is 238 Å². The summed E-state index contributed by atoms with van der Waals surface area (Å²) in [5.41, 5.74) is 0. The molecule has 0 saturated carbocycles. The third-order valence-electron chi connectivity index (χ3n) is 13.8. The predicted octanol–water partition coefficient (Wildman–Crippen LogP) is 17.2. The highest BCUT2D eigenvalue weighted by atomic mass is 16.3. The maximum absolute atomic E-state index is 12.6. The molecule has 0 fully saturated rings. The highest BCUT2D eigenvalue weighted by Gasteiger charge is 2.28. The molecule has 6 heteroatoms. The molecule has 0 aliphatic rings. The Morgan fingerprint density at radius 2 is 0.636 bits per heavy atom. The average molecular weight is 931 g/mol. The number of nitrogens with one attached hydrogen (secondary N) is 1. The van der Waals surface area contributed by atoms with Crippen molar-refractivity contribution in [3.8, 4) is 0 Å². The van der Waals surface area contributed by atoms with Crippen LogP contribution in [-0.2, 0) is 4.79 Å². The lowest BCUT2D eigenvalue weighted by Crippen LogP contribution is -2.53. The minimum Gasteiger partial charge on any atom is -0.394 e. The highest BCUT2D eigenvalue weighted by molar-refractivity contribution is 5.80.